The number of ether oxygens (including phenoxy) is 1. The smallest absolute Gasteiger partial charge is 0.311 e. The van der Waals surface area contributed by atoms with E-state index in [2.05, 4.69) is 6.92 Å². The van der Waals surface area contributed by atoms with E-state index in [9.17, 15) is 22.8 Å². The fourth-order valence-corrected chi connectivity index (χ4v) is 5.95. The summed E-state index contributed by atoms with van der Waals surface area (Å²) in [7, 11) is -3.13. The molecule has 2 atom stereocenters. The van der Waals surface area contributed by atoms with Gasteiger partial charge in [-0.1, -0.05) is 32.4 Å². The normalized spacial score (nSPS) is 22.2. The number of nitrogens with zero attached hydrogens (tertiary/aromatic N) is 2. The highest BCUT2D eigenvalue weighted by atomic mass is 32.2. The maximum atomic E-state index is 12.8. The molecule has 8 nitrogen and oxygen atoms in total. The molecule has 2 aliphatic heterocycles. The molecule has 2 fully saturated rings. The predicted molar refractivity (Wildman–Crippen MR) is 121 cm³/mol. The van der Waals surface area contributed by atoms with Crippen LogP contribution in [0.1, 0.15) is 45.1 Å². The van der Waals surface area contributed by atoms with Crippen molar-refractivity contribution in [3.8, 4) is 0 Å². The SMILES string of the molecule is CCCCN(C(=O)COC(=O)C1CC(=O)N(c2ccc(CC)cc2)C1)C1CCS(=O)(=O)C1. The number of hydrogen-bond donors (Lipinski definition) is 0. The van der Waals surface area contributed by atoms with E-state index in [4.69, 9.17) is 4.74 Å². The first-order chi connectivity index (χ1) is 15.2. The van der Waals surface area contributed by atoms with Crippen LogP contribution in [0, 0.1) is 5.92 Å². The minimum atomic E-state index is -3.13. The molecule has 2 saturated heterocycles. The number of benzene rings is 1. The third kappa shape index (κ3) is 5.88. The zero-order valence-electron chi connectivity index (χ0n) is 18.8. The molecule has 176 valence electrons. The summed E-state index contributed by atoms with van der Waals surface area (Å²) in [4.78, 5) is 40.9. The van der Waals surface area contributed by atoms with Gasteiger partial charge in [-0.2, -0.15) is 0 Å². The van der Waals surface area contributed by atoms with Gasteiger partial charge in [0.2, 0.25) is 5.91 Å². The minimum Gasteiger partial charge on any atom is -0.455 e. The van der Waals surface area contributed by atoms with Crippen molar-refractivity contribution in [3.05, 3.63) is 29.8 Å². The molecule has 1 aromatic carbocycles. The van der Waals surface area contributed by atoms with Gasteiger partial charge < -0.3 is 14.5 Å². The fraction of sp³-hybridized carbons (Fsp3) is 0.609. The molecule has 2 heterocycles. The molecule has 1 aromatic rings. The minimum absolute atomic E-state index is 0.0424. The summed E-state index contributed by atoms with van der Waals surface area (Å²) < 4.78 is 28.9. The lowest BCUT2D eigenvalue weighted by Crippen LogP contribution is -2.44. The van der Waals surface area contributed by atoms with Crippen LogP contribution in [-0.2, 0) is 35.4 Å². The van der Waals surface area contributed by atoms with Gasteiger partial charge in [0.25, 0.3) is 5.91 Å². The van der Waals surface area contributed by atoms with E-state index in [1.807, 2.05) is 31.2 Å². The van der Waals surface area contributed by atoms with Crippen molar-refractivity contribution in [3.63, 3.8) is 0 Å². The van der Waals surface area contributed by atoms with Crippen LogP contribution in [0.5, 0.6) is 0 Å². The Morgan fingerprint density at radius 1 is 1.19 bits per heavy atom. The summed E-state index contributed by atoms with van der Waals surface area (Å²) in [5.74, 6) is -1.70. The number of anilines is 1. The summed E-state index contributed by atoms with van der Waals surface area (Å²) in [6.45, 7) is 4.27. The molecule has 0 N–H and O–H groups in total. The number of amides is 2. The van der Waals surface area contributed by atoms with Gasteiger partial charge in [0.05, 0.1) is 17.4 Å². The van der Waals surface area contributed by atoms with Crippen LogP contribution in [0.15, 0.2) is 24.3 Å². The standard InChI is InChI=1S/C23H32N2O6S/c1-3-5-11-24(20-10-12-32(29,30)16-20)22(27)15-31-23(28)18-13-21(26)25(14-18)19-8-6-17(4-2)7-9-19/h6-9,18,20H,3-5,10-16H2,1-2H3. The summed E-state index contributed by atoms with van der Waals surface area (Å²) >= 11 is 0. The Bertz CT molecular complexity index is 944. The Hall–Kier alpha value is -2.42. The van der Waals surface area contributed by atoms with Crippen LogP contribution >= 0.6 is 0 Å². The second-order valence-electron chi connectivity index (χ2n) is 8.53. The van der Waals surface area contributed by atoms with Gasteiger partial charge in [0.15, 0.2) is 16.4 Å². The maximum Gasteiger partial charge on any atom is 0.311 e. The maximum absolute atomic E-state index is 12.8. The second-order valence-corrected chi connectivity index (χ2v) is 10.8. The van der Waals surface area contributed by atoms with E-state index in [-0.39, 0.29) is 42.3 Å². The summed E-state index contributed by atoms with van der Waals surface area (Å²) in [5.41, 5.74) is 1.91. The van der Waals surface area contributed by atoms with Crippen molar-refractivity contribution < 1.29 is 27.5 Å². The second kappa shape index (κ2) is 10.5. The van der Waals surface area contributed by atoms with E-state index < -0.39 is 28.3 Å². The quantitative estimate of drug-likeness (QED) is 0.518. The number of sulfone groups is 1. The molecule has 0 spiro atoms. The number of aryl methyl sites for hydroxylation is 1. The average Bonchev–Trinajstić information content (AvgIpc) is 3.34. The Morgan fingerprint density at radius 2 is 1.91 bits per heavy atom. The van der Waals surface area contributed by atoms with E-state index in [1.54, 1.807) is 9.80 Å². The predicted octanol–water partition coefficient (Wildman–Crippen LogP) is 1.96. The van der Waals surface area contributed by atoms with Crippen LogP contribution in [-0.4, -0.2) is 68.3 Å². The zero-order valence-corrected chi connectivity index (χ0v) is 19.6. The molecule has 32 heavy (non-hydrogen) atoms. The molecule has 0 aromatic heterocycles. The molecule has 0 radical (unpaired) electrons. The first-order valence-electron chi connectivity index (χ1n) is 11.3. The van der Waals surface area contributed by atoms with E-state index in [1.165, 1.54) is 0 Å². The monoisotopic (exact) mass is 464 g/mol. The van der Waals surface area contributed by atoms with Crippen molar-refractivity contribution in [2.45, 2.75) is 52.0 Å². The lowest BCUT2D eigenvalue weighted by molar-refractivity contribution is -0.156. The van der Waals surface area contributed by atoms with Crippen LogP contribution in [0.4, 0.5) is 5.69 Å². The number of carbonyl (C=O) groups excluding carboxylic acids is 3. The van der Waals surface area contributed by atoms with Gasteiger partial charge >= 0.3 is 5.97 Å². The molecular formula is C23H32N2O6S. The number of unbranched alkanes of at least 4 members (excludes halogenated alkanes) is 1. The fourth-order valence-electron chi connectivity index (χ4n) is 4.22. The molecule has 0 aliphatic carbocycles. The first-order valence-corrected chi connectivity index (χ1v) is 13.1. The molecule has 0 saturated carbocycles. The summed E-state index contributed by atoms with van der Waals surface area (Å²) in [5, 5.41) is 0. The number of esters is 1. The third-order valence-corrected chi connectivity index (χ3v) is 7.92. The van der Waals surface area contributed by atoms with Gasteiger partial charge in [-0.15, -0.1) is 0 Å². The van der Waals surface area contributed by atoms with Gasteiger partial charge in [0, 0.05) is 31.2 Å². The Balaban J connectivity index is 1.56. The van der Waals surface area contributed by atoms with E-state index in [0.717, 1.165) is 30.5 Å². The lowest BCUT2D eigenvalue weighted by atomic mass is 10.1. The van der Waals surface area contributed by atoms with Crippen LogP contribution in [0.25, 0.3) is 0 Å². The lowest BCUT2D eigenvalue weighted by Gasteiger charge is -2.28. The van der Waals surface area contributed by atoms with Crippen molar-refractivity contribution >= 4 is 33.3 Å². The van der Waals surface area contributed by atoms with Crippen molar-refractivity contribution in [2.24, 2.45) is 5.92 Å². The largest absolute Gasteiger partial charge is 0.455 e. The van der Waals surface area contributed by atoms with Crippen molar-refractivity contribution in [1.82, 2.24) is 4.90 Å². The zero-order chi connectivity index (χ0) is 23.3. The van der Waals surface area contributed by atoms with Gasteiger partial charge in [-0.25, -0.2) is 8.42 Å². The van der Waals surface area contributed by atoms with Crippen LogP contribution < -0.4 is 4.90 Å². The molecule has 2 aliphatic rings. The highest BCUT2D eigenvalue weighted by molar-refractivity contribution is 7.91. The molecule has 2 unspecified atom stereocenters. The topological polar surface area (TPSA) is 101 Å². The number of rotatable bonds is 9. The molecule has 0 bridgehead atoms. The highest BCUT2D eigenvalue weighted by Crippen LogP contribution is 2.26. The average molecular weight is 465 g/mol. The Labute approximate surface area is 189 Å². The summed E-state index contributed by atoms with van der Waals surface area (Å²) in [6.07, 6.45) is 2.97. The Morgan fingerprint density at radius 3 is 2.50 bits per heavy atom. The molecular weight excluding hydrogens is 432 g/mol. The van der Waals surface area contributed by atoms with Gasteiger partial charge in [0.1, 0.15) is 0 Å². The first kappa shape index (κ1) is 24.2. The molecule has 3 rings (SSSR count). The van der Waals surface area contributed by atoms with Gasteiger partial charge in [-0.05, 0) is 37.0 Å². The van der Waals surface area contributed by atoms with Crippen molar-refractivity contribution in [2.75, 3.05) is 36.1 Å². The highest BCUT2D eigenvalue weighted by Gasteiger charge is 2.38. The van der Waals surface area contributed by atoms with E-state index in [0.29, 0.717) is 13.0 Å². The van der Waals surface area contributed by atoms with Crippen LogP contribution in [0.3, 0.4) is 0 Å². The molecule has 2 amide bonds. The van der Waals surface area contributed by atoms with E-state index >= 15 is 0 Å². The third-order valence-electron chi connectivity index (χ3n) is 6.17. The Kier molecular flexibility index (Phi) is 7.92. The summed E-state index contributed by atoms with van der Waals surface area (Å²) in [6, 6.07) is 7.29. The van der Waals surface area contributed by atoms with Crippen LogP contribution in [0.2, 0.25) is 0 Å². The number of hydrogen-bond acceptors (Lipinski definition) is 6. The van der Waals surface area contributed by atoms with Crippen molar-refractivity contribution in [1.29, 1.82) is 0 Å². The molecule has 9 heteroatoms. The number of carbonyl (C=O) groups is 3. The van der Waals surface area contributed by atoms with Gasteiger partial charge in [-0.3, -0.25) is 14.4 Å².